The van der Waals surface area contributed by atoms with Gasteiger partial charge in [-0.3, -0.25) is 13.7 Å². The first-order valence-electron chi connectivity index (χ1n) is 4.77. The second-order valence-electron chi connectivity index (χ2n) is 3.23. The van der Waals surface area contributed by atoms with Crippen LogP contribution in [0.4, 0.5) is 0 Å². The summed E-state index contributed by atoms with van der Waals surface area (Å²) in [5.41, 5.74) is 0. The van der Waals surface area contributed by atoms with Crippen LogP contribution < -0.4 is 0 Å². The zero-order chi connectivity index (χ0) is 17.8. The highest BCUT2D eigenvalue weighted by molar-refractivity contribution is 7.91. The molecule has 14 nitrogen and oxygen atoms in total. The highest BCUT2D eigenvalue weighted by Crippen LogP contribution is 2.87. The number of hydrogen-bond donors (Lipinski definition) is 4. The van der Waals surface area contributed by atoms with Crippen molar-refractivity contribution in [3.05, 3.63) is 0 Å². The normalized spacial score (nSPS) is 22.8. The van der Waals surface area contributed by atoms with Crippen LogP contribution in [0.1, 0.15) is 0 Å². The average Bonchev–Trinajstić information content (AvgIpc) is 2.26. The first-order valence-corrected chi connectivity index (χ1v) is 9.50. The van der Waals surface area contributed by atoms with Gasteiger partial charge in [0.15, 0.2) is 0 Å². The van der Waals surface area contributed by atoms with Gasteiger partial charge in [0, 0.05) is 0 Å². The fourth-order valence-electron chi connectivity index (χ4n) is 1.30. The maximum atomic E-state index is 12.0. The lowest BCUT2D eigenvalue weighted by Crippen LogP contribution is -2.40. The van der Waals surface area contributed by atoms with Crippen molar-refractivity contribution in [1.82, 2.24) is 0 Å². The van der Waals surface area contributed by atoms with E-state index < -0.39 is 33.4 Å². The number of hydrogen-bond acceptors (Lipinski definition) is 10. The standard InChI is InChI=1S/C5H13O14P3/c1-14-17-20(8,9)5(4(6)7,21(10,11)18-15-2)22(12,13)19-16-3/h1-3H3,(H,6,7)(H,8,9)(H,10,11)(H,12,13). The van der Waals surface area contributed by atoms with Gasteiger partial charge in [0.2, 0.25) is 0 Å². The lowest BCUT2D eigenvalue weighted by molar-refractivity contribution is -0.200. The van der Waals surface area contributed by atoms with Gasteiger partial charge in [-0.15, -0.1) is 14.0 Å². The Morgan fingerprint density at radius 2 is 1.00 bits per heavy atom. The van der Waals surface area contributed by atoms with Crippen molar-refractivity contribution in [2.45, 2.75) is 4.64 Å². The van der Waals surface area contributed by atoms with E-state index in [1.54, 1.807) is 0 Å². The van der Waals surface area contributed by atoms with E-state index in [0.717, 1.165) is 0 Å². The summed E-state index contributed by atoms with van der Waals surface area (Å²) in [7, 11) is -16.3. The molecule has 22 heavy (non-hydrogen) atoms. The van der Waals surface area contributed by atoms with E-state index in [2.05, 4.69) is 28.7 Å². The summed E-state index contributed by atoms with van der Waals surface area (Å²) in [6, 6.07) is 0. The van der Waals surface area contributed by atoms with Gasteiger partial charge in [-0.2, -0.15) is 0 Å². The van der Waals surface area contributed by atoms with E-state index in [1.165, 1.54) is 0 Å². The summed E-state index contributed by atoms with van der Waals surface area (Å²) >= 11 is 0. The number of carbonyl (C=O) groups is 1. The predicted octanol–water partition coefficient (Wildman–Crippen LogP) is 0.0150. The number of carboxylic acid groups (broad SMARTS) is 1. The molecular weight excluding hydrogens is 377 g/mol. The Labute approximate surface area is 122 Å². The highest BCUT2D eigenvalue weighted by Gasteiger charge is 2.82. The van der Waals surface area contributed by atoms with Gasteiger partial charge in [-0.05, 0) is 0 Å². The summed E-state index contributed by atoms with van der Waals surface area (Å²) in [6.07, 6.45) is 0. The third-order valence-corrected chi connectivity index (χ3v) is 10.5. The lowest BCUT2D eigenvalue weighted by Gasteiger charge is -2.34. The van der Waals surface area contributed by atoms with Crippen LogP contribution in [0, 0.1) is 0 Å². The lowest BCUT2D eigenvalue weighted by atomic mass is 10.8. The number of aliphatic carboxylic acids is 1. The Balaban J connectivity index is 6.76. The molecule has 0 saturated carbocycles. The van der Waals surface area contributed by atoms with E-state index in [9.17, 15) is 33.2 Å². The molecule has 0 saturated heterocycles. The van der Waals surface area contributed by atoms with Crippen LogP contribution in [0.15, 0.2) is 0 Å². The maximum absolute atomic E-state index is 12.0. The van der Waals surface area contributed by atoms with Crippen LogP contribution in [0.3, 0.4) is 0 Å². The minimum atomic E-state index is -6.05. The topological polar surface area (TPSA) is 205 Å². The highest BCUT2D eigenvalue weighted by atomic mass is 31.3. The molecule has 0 amide bonds. The molecule has 0 radical (unpaired) electrons. The van der Waals surface area contributed by atoms with Crippen LogP contribution >= 0.6 is 22.8 Å². The molecule has 0 aromatic carbocycles. The minimum absolute atomic E-state index is 0.619. The average molecular weight is 390 g/mol. The van der Waals surface area contributed by atoms with Crippen molar-refractivity contribution in [1.29, 1.82) is 0 Å². The molecule has 0 aromatic rings. The van der Waals surface area contributed by atoms with E-state index in [0.29, 0.717) is 21.3 Å². The van der Waals surface area contributed by atoms with Crippen LogP contribution in [-0.2, 0) is 47.2 Å². The quantitative estimate of drug-likeness (QED) is 0.220. The van der Waals surface area contributed by atoms with Crippen molar-refractivity contribution in [3.8, 4) is 0 Å². The third kappa shape index (κ3) is 3.49. The van der Waals surface area contributed by atoms with Gasteiger partial charge in [-0.25, -0.2) is 19.5 Å². The summed E-state index contributed by atoms with van der Waals surface area (Å²) in [5, 5.41) is 9.11. The molecule has 0 rings (SSSR count). The van der Waals surface area contributed by atoms with Gasteiger partial charge >= 0.3 is 33.4 Å². The third-order valence-electron chi connectivity index (χ3n) is 2.00. The molecule has 3 unspecified atom stereocenters. The molecule has 17 heteroatoms. The summed E-state index contributed by atoms with van der Waals surface area (Å²) < 4.78 is 42.7. The fraction of sp³-hybridized carbons (Fsp3) is 0.800. The van der Waals surface area contributed by atoms with Crippen molar-refractivity contribution in [3.63, 3.8) is 0 Å². The Hall–Kier alpha value is -0.200. The molecular formula is C5H13O14P3. The smallest absolute Gasteiger partial charge is 0.397 e. The van der Waals surface area contributed by atoms with Crippen LogP contribution in [-0.4, -0.2) is 51.7 Å². The molecule has 0 aliphatic carbocycles. The van der Waals surface area contributed by atoms with E-state index in [4.69, 9.17) is 5.11 Å². The molecule has 0 aliphatic rings. The first-order chi connectivity index (χ1) is 9.88. The molecule has 132 valence electrons. The van der Waals surface area contributed by atoms with Crippen molar-refractivity contribution < 1.29 is 67.0 Å². The fourth-order valence-corrected chi connectivity index (χ4v) is 7.38. The monoisotopic (exact) mass is 390 g/mol. The van der Waals surface area contributed by atoms with Crippen LogP contribution in [0.25, 0.3) is 0 Å². The van der Waals surface area contributed by atoms with Crippen molar-refractivity contribution in [2.75, 3.05) is 21.3 Å². The molecule has 0 aliphatic heterocycles. The molecule has 0 heterocycles. The molecule has 0 fully saturated rings. The first kappa shape index (κ1) is 21.8. The van der Waals surface area contributed by atoms with Gasteiger partial charge < -0.3 is 19.8 Å². The number of carboxylic acids is 1. The van der Waals surface area contributed by atoms with Gasteiger partial charge in [-0.1, -0.05) is 0 Å². The van der Waals surface area contributed by atoms with Crippen molar-refractivity contribution >= 4 is 28.8 Å². The zero-order valence-corrected chi connectivity index (χ0v) is 13.9. The van der Waals surface area contributed by atoms with Crippen molar-refractivity contribution in [2.24, 2.45) is 0 Å². The molecule has 3 atom stereocenters. The van der Waals surface area contributed by atoms with Crippen LogP contribution in [0.5, 0.6) is 0 Å². The Bertz CT molecular complexity index is 476. The van der Waals surface area contributed by atoms with E-state index >= 15 is 0 Å². The Kier molecular flexibility index (Phi) is 7.51. The van der Waals surface area contributed by atoms with E-state index in [1.807, 2.05) is 0 Å². The number of rotatable bonds is 10. The largest absolute Gasteiger partial charge is 0.479 e. The predicted molar refractivity (Wildman–Crippen MR) is 64.1 cm³/mol. The summed E-state index contributed by atoms with van der Waals surface area (Å²) in [5.74, 6) is -2.76. The summed E-state index contributed by atoms with van der Waals surface area (Å²) in [4.78, 5) is 51.5. The zero-order valence-electron chi connectivity index (χ0n) is 11.2. The van der Waals surface area contributed by atoms with Gasteiger partial charge in [0.25, 0.3) is 0 Å². The Morgan fingerprint density at radius 1 is 0.773 bits per heavy atom. The maximum Gasteiger partial charge on any atom is 0.397 e. The second-order valence-corrected chi connectivity index (χ2v) is 9.87. The molecule has 0 bridgehead atoms. The Morgan fingerprint density at radius 3 is 1.14 bits per heavy atom. The molecule has 0 spiro atoms. The SMILES string of the molecule is COOP(=O)(O)C(C(=O)O)(P(=O)(O)OOC)P(=O)(O)OOC. The molecule has 4 N–H and O–H groups in total. The van der Waals surface area contributed by atoms with Crippen LogP contribution in [0.2, 0.25) is 0 Å². The molecule has 0 aromatic heterocycles. The second kappa shape index (κ2) is 7.58. The van der Waals surface area contributed by atoms with E-state index in [-0.39, 0.29) is 0 Å². The van der Waals surface area contributed by atoms with Gasteiger partial charge in [0.05, 0.1) is 21.3 Å². The summed E-state index contributed by atoms with van der Waals surface area (Å²) in [6.45, 7) is 0. The minimum Gasteiger partial charge on any atom is -0.479 e. The van der Waals surface area contributed by atoms with Gasteiger partial charge in [0.1, 0.15) is 0 Å².